The first-order valence-corrected chi connectivity index (χ1v) is 11.9. The van der Waals surface area contributed by atoms with Crippen molar-refractivity contribution in [2.75, 3.05) is 19.8 Å². The molecule has 1 saturated heterocycles. The van der Waals surface area contributed by atoms with Gasteiger partial charge in [0.1, 0.15) is 10.5 Å². The Morgan fingerprint density at radius 3 is 2.58 bits per heavy atom. The summed E-state index contributed by atoms with van der Waals surface area (Å²) in [7, 11) is -1.64. The number of carbonyl (C=O) groups excluding carboxylic acids is 1. The first-order valence-electron chi connectivity index (χ1n) is 10.8. The van der Waals surface area contributed by atoms with Crippen molar-refractivity contribution >= 4 is 16.7 Å². The molecule has 1 aliphatic rings. The largest absolute Gasteiger partial charge is 0.493 e. The molecular weight excluding hydrogens is 440 g/mol. The third-order valence-electron chi connectivity index (χ3n) is 5.76. The lowest BCUT2D eigenvalue weighted by Gasteiger charge is -2.33. The van der Waals surface area contributed by atoms with Gasteiger partial charge in [-0.1, -0.05) is 24.3 Å². The Balaban J connectivity index is 1.37. The predicted octanol–water partition coefficient (Wildman–Crippen LogP) is 3.53. The van der Waals surface area contributed by atoms with E-state index in [1.807, 2.05) is 30.3 Å². The van der Waals surface area contributed by atoms with Gasteiger partial charge in [-0.25, -0.2) is 5.48 Å². The van der Waals surface area contributed by atoms with Crippen LogP contribution in [0.15, 0.2) is 77.8 Å². The number of nitrogens with zero attached hydrogens (tertiary/aromatic N) is 1. The van der Waals surface area contributed by atoms with Gasteiger partial charge >= 0.3 is 0 Å². The van der Waals surface area contributed by atoms with Crippen LogP contribution >= 0.6 is 0 Å². The second-order valence-electron chi connectivity index (χ2n) is 7.80. The number of aromatic nitrogens is 1. The van der Waals surface area contributed by atoms with Gasteiger partial charge in [-0.2, -0.15) is 0 Å². The minimum absolute atomic E-state index is 0.280. The summed E-state index contributed by atoms with van der Waals surface area (Å²) in [5, 5.41) is 9.17. The first kappa shape index (κ1) is 23.1. The molecule has 1 aromatic heterocycles. The molecular formula is C25H26N2O5S. The number of rotatable bonds is 8. The van der Waals surface area contributed by atoms with Crippen molar-refractivity contribution in [2.45, 2.75) is 28.9 Å². The molecule has 1 unspecified atom stereocenters. The van der Waals surface area contributed by atoms with Crippen molar-refractivity contribution in [1.29, 1.82) is 0 Å². The van der Waals surface area contributed by atoms with Crippen LogP contribution in [0.1, 0.15) is 18.4 Å². The summed E-state index contributed by atoms with van der Waals surface area (Å²) in [5.74, 6) is 0.0154. The Labute approximate surface area is 195 Å². The molecule has 2 heterocycles. The average molecular weight is 467 g/mol. The Hall–Kier alpha value is -3.07. The molecule has 172 valence electrons. The van der Waals surface area contributed by atoms with E-state index in [9.17, 15) is 9.00 Å². The van der Waals surface area contributed by atoms with E-state index in [1.165, 1.54) is 0 Å². The van der Waals surface area contributed by atoms with E-state index in [-0.39, 0.29) is 12.8 Å². The number of pyridine rings is 1. The van der Waals surface area contributed by atoms with Gasteiger partial charge in [-0.05, 0) is 60.9 Å². The van der Waals surface area contributed by atoms with Gasteiger partial charge in [0.2, 0.25) is 0 Å². The lowest BCUT2D eigenvalue weighted by atomic mass is 9.98. The van der Waals surface area contributed by atoms with Crippen molar-refractivity contribution in [2.24, 2.45) is 0 Å². The number of nitrogens with one attached hydrogen (secondary N) is 1. The molecule has 4 rings (SSSR count). The van der Waals surface area contributed by atoms with E-state index in [0.29, 0.717) is 30.5 Å². The fourth-order valence-electron chi connectivity index (χ4n) is 3.89. The van der Waals surface area contributed by atoms with Crippen molar-refractivity contribution in [1.82, 2.24) is 10.5 Å². The van der Waals surface area contributed by atoms with Gasteiger partial charge in [0.15, 0.2) is 0 Å². The quantitative estimate of drug-likeness (QED) is 0.389. The minimum Gasteiger partial charge on any atom is -0.493 e. The molecule has 1 amide bonds. The predicted molar refractivity (Wildman–Crippen MR) is 124 cm³/mol. The van der Waals surface area contributed by atoms with Crippen LogP contribution in [0.2, 0.25) is 0 Å². The maximum absolute atomic E-state index is 13.2. The molecule has 3 aromatic rings. The average Bonchev–Trinajstić information content (AvgIpc) is 2.89. The van der Waals surface area contributed by atoms with Crippen LogP contribution in [-0.4, -0.2) is 44.9 Å². The number of hydrogen-bond acceptors (Lipinski definition) is 6. The van der Waals surface area contributed by atoms with Crippen LogP contribution in [0.5, 0.6) is 5.75 Å². The van der Waals surface area contributed by atoms with E-state index in [4.69, 9.17) is 14.7 Å². The number of hydroxylamine groups is 1. The number of ether oxygens (including phenoxy) is 2. The molecule has 1 fully saturated rings. The van der Waals surface area contributed by atoms with Crippen LogP contribution in [0.25, 0.3) is 11.3 Å². The zero-order valence-corrected chi connectivity index (χ0v) is 18.9. The Kier molecular flexibility index (Phi) is 7.49. The van der Waals surface area contributed by atoms with Crippen molar-refractivity contribution in [3.63, 3.8) is 0 Å². The SMILES string of the molecule is O=C(NO)C1(S(=O)c2ccc(OCCc3cccc(-c4ccccn4)c3)cc2)CCOCC1. The Morgan fingerprint density at radius 2 is 1.88 bits per heavy atom. The summed E-state index contributed by atoms with van der Waals surface area (Å²) in [6.07, 6.45) is 3.07. The van der Waals surface area contributed by atoms with Gasteiger partial charge < -0.3 is 9.47 Å². The number of amides is 1. The van der Waals surface area contributed by atoms with Crippen LogP contribution in [0.3, 0.4) is 0 Å². The maximum atomic E-state index is 13.2. The lowest BCUT2D eigenvalue weighted by molar-refractivity contribution is -0.134. The highest BCUT2D eigenvalue weighted by atomic mass is 32.2. The highest BCUT2D eigenvalue weighted by Crippen LogP contribution is 2.32. The topological polar surface area (TPSA) is 97.8 Å². The molecule has 0 aliphatic carbocycles. The molecule has 2 aromatic carbocycles. The molecule has 8 heteroatoms. The minimum atomic E-state index is -1.64. The zero-order valence-electron chi connectivity index (χ0n) is 18.1. The maximum Gasteiger partial charge on any atom is 0.262 e. The second kappa shape index (κ2) is 10.7. The van der Waals surface area contributed by atoms with E-state index >= 15 is 0 Å². The standard InChI is InChI=1S/C25H26N2O5S/c28-24(27-29)25(12-16-31-17-13-25)33(30)22-9-7-21(8-10-22)32-15-11-19-4-3-5-20(18-19)23-6-1-2-14-26-23/h1-10,14,18,29H,11-13,15-17H2,(H,27,28). The van der Waals surface area contributed by atoms with E-state index in [0.717, 1.165) is 23.2 Å². The monoisotopic (exact) mass is 466 g/mol. The number of hydrogen-bond donors (Lipinski definition) is 2. The summed E-state index contributed by atoms with van der Waals surface area (Å²) in [6.45, 7) is 1.13. The molecule has 0 spiro atoms. The van der Waals surface area contributed by atoms with Gasteiger partial charge in [-0.15, -0.1) is 0 Å². The van der Waals surface area contributed by atoms with E-state index in [2.05, 4.69) is 17.1 Å². The summed E-state index contributed by atoms with van der Waals surface area (Å²) in [5.41, 5.74) is 4.82. The van der Waals surface area contributed by atoms with E-state index < -0.39 is 21.5 Å². The third kappa shape index (κ3) is 5.30. The molecule has 2 N–H and O–H groups in total. The molecule has 1 aliphatic heterocycles. The van der Waals surface area contributed by atoms with Crippen LogP contribution in [0.4, 0.5) is 0 Å². The number of benzene rings is 2. The van der Waals surface area contributed by atoms with Crippen LogP contribution in [0, 0.1) is 0 Å². The smallest absolute Gasteiger partial charge is 0.262 e. The van der Waals surface area contributed by atoms with Gasteiger partial charge in [0.25, 0.3) is 5.91 Å². The van der Waals surface area contributed by atoms with Gasteiger partial charge in [0.05, 0.1) is 23.1 Å². The summed E-state index contributed by atoms with van der Waals surface area (Å²) in [6, 6.07) is 21.0. The fraction of sp³-hybridized carbons (Fsp3) is 0.280. The normalized spacial score (nSPS) is 16.0. The fourth-order valence-corrected chi connectivity index (χ4v) is 5.48. The second-order valence-corrected chi connectivity index (χ2v) is 9.59. The highest BCUT2D eigenvalue weighted by molar-refractivity contribution is 7.87. The van der Waals surface area contributed by atoms with Crippen molar-refractivity contribution in [3.05, 3.63) is 78.5 Å². The van der Waals surface area contributed by atoms with Crippen LogP contribution < -0.4 is 10.2 Å². The summed E-state index contributed by atoms with van der Waals surface area (Å²) in [4.78, 5) is 17.2. The van der Waals surface area contributed by atoms with Crippen molar-refractivity contribution < 1.29 is 23.7 Å². The molecule has 33 heavy (non-hydrogen) atoms. The van der Waals surface area contributed by atoms with Crippen LogP contribution in [-0.2, 0) is 26.8 Å². The zero-order chi connectivity index (χ0) is 23.1. The summed E-state index contributed by atoms with van der Waals surface area (Å²) < 4.78 is 23.2. The van der Waals surface area contributed by atoms with E-state index in [1.54, 1.807) is 35.9 Å². The third-order valence-corrected chi connectivity index (χ3v) is 7.76. The van der Waals surface area contributed by atoms with Gasteiger partial charge in [0, 0.05) is 36.3 Å². The molecule has 0 radical (unpaired) electrons. The van der Waals surface area contributed by atoms with Crippen molar-refractivity contribution in [3.8, 4) is 17.0 Å². The molecule has 1 atom stereocenters. The highest BCUT2D eigenvalue weighted by Gasteiger charge is 2.46. The molecule has 0 saturated carbocycles. The Bertz CT molecular complexity index is 1100. The lowest BCUT2D eigenvalue weighted by Crippen LogP contribution is -2.52. The molecule has 0 bridgehead atoms. The number of carbonyl (C=O) groups is 1. The van der Waals surface area contributed by atoms with Gasteiger partial charge in [-0.3, -0.25) is 19.2 Å². The summed E-state index contributed by atoms with van der Waals surface area (Å²) >= 11 is 0. The molecule has 7 nitrogen and oxygen atoms in total. The first-order chi connectivity index (χ1) is 16.1. The Morgan fingerprint density at radius 1 is 1.09 bits per heavy atom.